The Hall–Kier alpha value is -1.93. The molecule has 0 aliphatic heterocycles. The molecule has 0 atom stereocenters. The molecule has 0 saturated carbocycles. The van der Waals surface area contributed by atoms with Gasteiger partial charge < -0.3 is 9.55 Å². The van der Waals surface area contributed by atoms with Crippen LogP contribution < -0.4 is 5.30 Å². The van der Waals surface area contributed by atoms with Gasteiger partial charge in [0.15, 0.2) is 0 Å². The molecule has 3 rings (SSSR count). The maximum atomic E-state index is 15.0. The first-order valence-electron chi connectivity index (χ1n) is 7.64. The highest BCUT2D eigenvalue weighted by Gasteiger charge is 2.22. The van der Waals surface area contributed by atoms with Gasteiger partial charge in [0.1, 0.15) is 18.6 Å². The first-order valence-corrected chi connectivity index (χ1v) is 10.2. The second kappa shape index (κ2) is 5.61. The van der Waals surface area contributed by atoms with Crippen LogP contribution in [0.1, 0.15) is 18.1 Å². The number of fused-ring (bicyclic) bond motifs is 1. The van der Waals surface area contributed by atoms with E-state index in [-0.39, 0.29) is 0 Å². The predicted octanol–water partition coefficient (Wildman–Crippen LogP) is 4.49. The Labute approximate surface area is 135 Å². The van der Waals surface area contributed by atoms with Gasteiger partial charge in [0.25, 0.3) is 0 Å². The summed E-state index contributed by atoms with van der Waals surface area (Å²) in [5, 5.41) is 1.34. The van der Waals surface area contributed by atoms with Crippen LogP contribution >= 0.6 is 7.14 Å². The van der Waals surface area contributed by atoms with Gasteiger partial charge >= 0.3 is 0 Å². The summed E-state index contributed by atoms with van der Waals surface area (Å²) in [6, 6.07) is 5.52. The number of aromatic amines is 1. The van der Waals surface area contributed by atoms with Crippen LogP contribution in [0.15, 0.2) is 30.6 Å². The van der Waals surface area contributed by atoms with E-state index < -0.39 is 13.0 Å². The molecule has 0 aliphatic rings. The molecule has 3 nitrogen and oxygen atoms in total. The van der Waals surface area contributed by atoms with Crippen LogP contribution in [0.4, 0.5) is 4.39 Å². The monoisotopic (exact) mass is 330 g/mol. The Balaban J connectivity index is 2.25. The summed E-state index contributed by atoms with van der Waals surface area (Å²) >= 11 is 0. The molecule has 0 amide bonds. The van der Waals surface area contributed by atoms with Gasteiger partial charge in [-0.3, -0.25) is 0 Å². The van der Waals surface area contributed by atoms with Crippen molar-refractivity contribution in [2.75, 3.05) is 13.3 Å². The van der Waals surface area contributed by atoms with Crippen LogP contribution in [0, 0.1) is 12.7 Å². The zero-order valence-corrected chi connectivity index (χ0v) is 14.7. The van der Waals surface area contributed by atoms with Crippen LogP contribution in [0.25, 0.3) is 22.2 Å². The summed E-state index contributed by atoms with van der Waals surface area (Å²) in [5.41, 5.74) is 3.84. The Morgan fingerprint density at radius 1 is 1.30 bits per heavy atom. The van der Waals surface area contributed by atoms with Crippen molar-refractivity contribution in [1.82, 2.24) is 9.97 Å². The van der Waals surface area contributed by atoms with Crippen molar-refractivity contribution in [3.05, 3.63) is 47.5 Å². The van der Waals surface area contributed by atoms with Crippen molar-refractivity contribution in [2.45, 2.75) is 20.3 Å². The van der Waals surface area contributed by atoms with Crippen LogP contribution in [-0.2, 0) is 11.0 Å². The minimum absolute atomic E-state index is 0.333. The maximum absolute atomic E-state index is 15.0. The van der Waals surface area contributed by atoms with Crippen molar-refractivity contribution in [3.63, 3.8) is 0 Å². The van der Waals surface area contributed by atoms with E-state index in [1.54, 1.807) is 32.5 Å². The third-order valence-corrected chi connectivity index (χ3v) is 5.79. The zero-order valence-electron chi connectivity index (χ0n) is 13.8. The summed E-state index contributed by atoms with van der Waals surface area (Å²) in [4.78, 5) is 7.52. The van der Waals surface area contributed by atoms with Gasteiger partial charge in [0, 0.05) is 28.9 Å². The molecule has 0 bridgehead atoms. The summed E-state index contributed by atoms with van der Waals surface area (Å²) < 4.78 is 27.5. The smallest absolute Gasteiger partial charge is 0.142 e. The maximum Gasteiger partial charge on any atom is 0.142 e. The highest BCUT2D eigenvalue weighted by molar-refractivity contribution is 7.70. The molecule has 0 spiro atoms. The third kappa shape index (κ3) is 2.72. The molecule has 0 radical (unpaired) electrons. The lowest BCUT2D eigenvalue weighted by atomic mass is 10.0. The fraction of sp³-hybridized carbons (Fsp3) is 0.278. The Bertz CT molecular complexity index is 940. The summed E-state index contributed by atoms with van der Waals surface area (Å²) in [7, 11) is -2.69. The summed E-state index contributed by atoms with van der Waals surface area (Å²) in [6.45, 7) is 7.07. The largest absolute Gasteiger partial charge is 0.346 e. The number of rotatable bonds is 3. The van der Waals surface area contributed by atoms with E-state index in [4.69, 9.17) is 0 Å². The summed E-state index contributed by atoms with van der Waals surface area (Å²) in [5.74, 6) is -0.395. The van der Waals surface area contributed by atoms with Crippen molar-refractivity contribution < 1.29 is 8.96 Å². The Morgan fingerprint density at radius 3 is 2.70 bits per heavy atom. The summed E-state index contributed by atoms with van der Waals surface area (Å²) in [6.07, 6.45) is 4.47. The highest BCUT2D eigenvalue weighted by atomic mass is 31.2. The van der Waals surface area contributed by atoms with Crippen LogP contribution in [0.5, 0.6) is 0 Å². The number of aromatic nitrogens is 2. The minimum Gasteiger partial charge on any atom is -0.346 e. The number of nitrogens with zero attached hydrogens (tertiary/aromatic N) is 1. The third-order valence-electron chi connectivity index (χ3n) is 4.17. The number of nitrogens with one attached hydrogen (secondary N) is 1. The fourth-order valence-corrected chi connectivity index (χ4v) is 4.56. The Morgan fingerprint density at radius 2 is 2.04 bits per heavy atom. The van der Waals surface area contributed by atoms with Gasteiger partial charge in [-0.15, -0.1) is 0 Å². The van der Waals surface area contributed by atoms with E-state index in [0.717, 1.165) is 28.6 Å². The number of hydrogen-bond acceptors (Lipinski definition) is 2. The second-order valence-corrected chi connectivity index (χ2v) is 9.38. The molecule has 5 heteroatoms. The van der Waals surface area contributed by atoms with Crippen molar-refractivity contribution in [2.24, 2.45) is 0 Å². The number of halogens is 1. The average Bonchev–Trinajstić information content (AvgIpc) is 2.88. The molecular formula is C18H20FN2OP. The molecule has 1 N–H and O–H groups in total. The molecule has 2 heterocycles. The number of pyridine rings is 1. The number of aryl methyl sites for hydroxylation is 2. The van der Waals surface area contributed by atoms with E-state index >= 15 is 4.39 Å². The van der Waals surface area contributed by atoms with Gasteiger partial charge in [-0.1, -0.05) is 19.1 Å². The van der Waals surface area contributed by atoms with Gasteiger partial charge in [-0.2, -0.15) is 0 Å². The van der Waals surface area contributed by atoms with Gasteiger partial charge in [0.2, 0.25) is 0 Å². The number of benzene rings is 1. The molecule has 120 valence electrons. The van der Waals surface area contributed by atoms with Gasteiger partial charge in [-0.25, -0.2) is 9.37 Å². The normalized spacial score (nSPS) is 12.0. The van der Waals surface area contributed by atoms with E-state index in [2.05, 4.69) is 16.9 Å². The molecule has 0 saturated heterocycles. The molecule has 1 aromatic carbocycles. The lowest BCUT2D eigenvalue weighted by Gasteiger charge is -2.15. The molecule has 0 fully saturated rings. The number of H-pyrrole nitrogens is 1. The highest BCUT2D eigenvalue weighted by Crippen LogP contribution is 2.39. The molecule has 23 heavy (non-hydrogen) atoms. The van der Waals surface area contributed by atoms with E-state index in [0.29, 0.717) is 16.4 Å². The van der Waals surface area contributed by atoms with Gasteiger partial charge in [-0.05, 0) is 43.9 Å². The van der Waals surface area contributed by atoms with E-state index in [1.165, 1.54) is 0 Å². The molecular weight excluding hydrogens is 310 g/mol. The standard InChI is InChI=1S/C18H20FN2OP/c1-5-12-9-20-18-15(12)8-13(10-21-18)14-7-6-11(2)17(16(14)19)23(3,4)22/h6-10H,5H2,1-4H3,(H,20,21). The van der Waals surface area contributed by atoms with Crippen molar-refractivity contribution >= 4 is 23.5 Å². The SMILES string of the molecule is CCc1c[nH]c2ncc(-c3ccc(C)c(P(C)(C)=O)c3F)cc12. The van der Waals surface area contributed by atoms with Crippen LogP contribution in [-0.4, -0.2) is 23.3 Å². The zero-order chi connectivity index (χ0) is 16.8. The average molecular weight is 330 g/mol. The lowest BCUT2D eigenvalue weighted by molar-refractivity contribution is 0.584. The van der Waals surface area contributed by atoms with Crippen molar-refractivity contribution in [3.8, 4) is 11.1 Å². The van der Waals surface area contributed by atoms with E-state index in [9.17, 15) is 4.57 Å². The van der Waals surface area contributed by atoms with E-state index in [1.807, 2.05) is 18.3 Å². The Kier molecular flexibility index (Phi) is 3.89. The predicted molar refractivity (Wildman–Crippen MR) is 94.7 cm³/mol. The molecule has 0 aliphatic carbocycles. The molecule has 0 unspecified atom stereocenters. The minimum atomic E-state index is -2.69. The quantitative estimate of drug-likeness (QED) is 0.719. The number of hydrogen-bond donors (Lipinski definition) is 1. The fourth-order valence-electron chi connectivity index (χ4n) is 3.04. The van der Waals surface area contributed by atoms with Crippen molar-refractivity contribution in [1.29, 1.82) is 0 Å². The molecule has 3 aromatic rings. The topological polar surface area (TPSA) is 45.8 Å². The second-order valence-electron chi connectivity index (χ2n) is 6.23. The first-order chi connectivity index (χ1) is 10.8. The first kappa shape index (κ1) is 15.9. The lowest BCUT2D eigenvalue weighted by Crippen LogP contribution is -2.14. The molecule has 2 aromatic heterocycles. The van der Waals surface area contributed by atoms with Gasteiger partial charge in [0.05, 0.1) is 5.30 Å². The van der Waals surface area contributed by atoms with Crippen LogP contribution in [0.3, 0.4) is 0 Å². The van der Waals surface area contributed by atoms with Crippen LogP contribution in [0.2, 0.25) is 0 Å².